The first-order valence-electron chi connectivity index (χ1n) is 7.65. The predicted octanol–water partition coefficient (Wildman–Crippen LogP) is 2.61. The van der Waals surface area contributed by atoms with Crippen molar-refractivity contribution in [1.82, 2.24) is 20.1 Å². The van der Waals surface area contributed by atoms with Gasteiger partial charge in [0.15, 0.2) is 0 Å². The molecule has 3 rings (SSSR count). The highest BCUT2D eigenvalue weighted by Gasteiger charge is 2.42. The van der Waals surface area contributed by atoms with Gasteiger partial charge in [-0.3, -0.25) is 0 Å². The average molecular weight is 302 g/mol. The summed E-state index contributed by atoms with van der Waals surface area (Å²) < 4.78 is 40.4. The Bertz CT molecular complexity index is 497. The standard InChI is InChI=1S/C14H21F3N4/c1-9-18-13-6-5-12(8-21(13)20-9)19-11-4-2-3-10(7-11)14(15,16)17/h10-12,19H,2-8H2,1H3. The molecule has 1 aliphatic heterocycles. The number of rotatable bonds is 2. The normalized spacial score (nSPS) is 30.2. The molecular formula is C14H21F3N4. The van der Waals surface area contributed by atoms with Crippen molar-refractivity contribution in [1.29, 1.82) is 0 Å². The van der Waals surface area contributed by atoms with E-state index in [0.717, 1.165) is 30.9 Å². The molecule has 1 N–H and O–H groups in total. The first-order valence-corrected chi connectivity index (χ1v) is 7.65. The molecule has 7 heteroatoms. The molecule has 0 aromatic carbocycles. The summed E-state index contributed by atoms with van der Waals surface area (Å²) in [6.45, 7) is 2.58. The number of fused-ring (bicyclic) bond motifs is 1. The Labute approximate surface area is 122 Å². The Morgan fingerprint density at radius 1 is 1.19 bits per heavy atom. The summed E-state index contributed by atoms with van der Waals surface area (Å²) >= 11 is 0. The van der Waals surface area contributed by atoms with Crippen molar-refractivity contribution in [3.8, 4) is 0 Å². The topological polar surface area (TPSA) is 42.7 Å². The predicted molar refractivity (Wildman–Crippen MR) is 71.8 cm³/mol. The Hall–Kier alpha value is -1.11. The van der Waals surface area contributed by atoms with Crippen LogP contribution >= 0.6 is 0 Å². The zero-order valence-corrected chi connectivity index (χ0v) is 12.2. The monoisotopic (exact) mass is 302 g/mol. The lowest BCUT2D eigenvalue weighted by Crippen LogP contribution is -2.46. The first kappa shape index (κ1) is 14.8. The van der Waals surface area contributed by atoms with Crippen LogP contribution < -0.4 is 5.32 Å². The van der Waals surface area contributed by atoms with Crippen LogP contribution in [-0.4, -0.2) is 33.0 Å². The van der Waals surface area contributed by atoms with Gasteiger partial charge in [-0.15, -0.1) is 0 Å². The lowest BCUT2D eigenvalue weighted by Gasteiger charge is -2.34. The number of hydrogen-bond acceptors (Lipinski definition) is 3. The van der Waals surface area contributed by atoms with E-state index in [9.17, 15) is 13.2 Å². The van der Waals surface area contributed by atoms with Gasteiger partial charge in [-0.1, -0.05) is 6.42 Å². The van der Waals surface area contributed by atoms with Gasteiger partial charge in [-0.2, -0.15) is 18.3 Å². The Morgan fingerprint density at radius 3 is 2.76 bits per heavy atom. The van der Waals surface area contributed by atoms with Gasteiger partial charge in [0.05, 0.1) is 12.5 Å². The van der Waals surface area contributed by atoms with Crippen molar-refractivity contribution in [3.63, 3.8) is 0 Å². The average Bonchev–Trinajstić information content (AvgIpc) is 2.77. The molecule has 1 saturated carbocycles. The van der Waals surface area contributed by atoms with Crippen LogP contribution in [0.2, 0.25) is 0 Å². The smallest absolute Gasteiger partial charge is 0.309 e. The summed E-state index contributed by atoms with van der Waals surface area (Å²) in [7, 11) is 0. The molecule has 2 aliphatic rings. The minimum atomic E-state index is -4.05. The number of hydrogen-bond donors (Lipinski definition) is 1. The maximum absolute atomic E-state index is 12.8. The summed E-state index contributed by atoms with van der Waals surface area (Å²) in [6, 6.07) is 0.178. The molecule has 2 heterocycles. The third-order valence-electron chi connectivity index (χ3n) is 4.57. The number of aromatic nitrogens is 3. The van der Waals surface area contributed by atoms with Gasteiger partial charge in [0, 0.05) is 18.5 Å². The van der Waals surface area contributed by atoms with E-state index in [1.54, 1.807) is 0 Å². The summed E-state index contributed by atoms with van der Waals surface area (Å²) in [4.78, 5) is 4.35. The minimum Gasteiger partial charge on any atom is -0.309 e. The van der Waals surface area contributed by atoms with E-state index in [1.165, 1.54) is 0 Å². The molecule has 0 bridgehead atoms. The van der Waals surface area contributed by atoms with E-state index in [4.69, 9.17) is 0 Å². The number of halogens is 3. The molecule has 3 unspecified atom stereocenters. The lowest BCUT2D eigenvalue weighted by molar-refractivity contribution is -0.183. The molecule has 1 fully saturated rings. The van der Waals surface area contributed by atoms with Crippen molar-refractivity contribution in [3.05, 3.63) is 11.6 Å². The van der Waals surface area contributed by atoms with E-state index >= 15 is 0 Å². The van der Waals surface area contributed by atoms with Gasteiger partial charge in [0.25, 0.3) is 0 Å². The molecule has 1 aromatic rings. The highest BCUT2D eigenvalue weighted by molar-refractivity contribution is 4.97. The minimum absolute atomic E-state index is 0.0263. The molecular weight excluding hydrogens is 281 g/mol. The number of aryl methyl sites for hydroxylation is 2. The fraction of sp³-hybridized carbons (Fsp3) is 0.857. The number of nitrogens with zero attached hydrogens (tertiary/aromatic N) is 3. The maximum atomic E-state index is 12.8. The Balaban J connectivity index is 1.57. The Morgan fingerprint density at radius 2 is 2.00 bits per heavy atom. The van der Waals surface area contributed by atoms with Gasteiger partial charge >= 0.3 is 6.18 Å². The summed E-state index contributed by atoms with van der Waals surface area (Å²) in [5.41, 5.74) is 0. The molecule has 1 aliphatic carbocycles. The third kappa shape index (κ3) is 3.39. The van der Waals surface area contributed by atoms with Crippen LogP contribution in [0.1, 0.15) is 43.8 Å². The zero-order valence-electron chi connectivity index (χ0n) is 12.2. The molecule has 4 nitrogen and oxygen atoms in total. The van der Waals surface area contributed by atoms with Crippen LogP contribution in [0.15, 0.2) is 0 Å². The van der Waals surface area contributed by atoms with Gasteiger partial charge in [0.1, 0.15) is 11.6 Å². The van der Waals surface area contributed by atoms with E-state index in [2.05, 4.69) is 15.4 Å². The largest absolute Gasteiger partial charge is 0.391 e. The van der Waals surface area contributed by atoms with Gasteiger partial charge in [-0.05, 0) is 32.6 Å². The highest BCUT2D eigenvalue weighted by atomic mass is 19.4. The lowest BCUT2D eigenvalue weighted by atomic mass is 9.84. The summed E-state index contributed by atoms with van der Waals surface area (Å²) in [5, 5.41) is 7.76. The zero-order chi connectivity index (χ0) is 15.0. The second-order valence-electron chi connectivity index (χ2n) is 6.26. The molecule has 0 radical (unpaired) electrons. The van der Waals surface area contributed by atoms with Crippen molar-refractivity contribution in [2.75, 3.05) is 0 Å². The Kier molecular flexibility index (Phi) is 3.94. The highest BCUT2D eigenvalue weighted by Crippen LogP contribution is 2.37. The van der Waals surface area contributed by atoms with Gasteiger partial charge in [-0.25, -0.2) is 9.67 Å². The molecule has 0 amide bonds. The van der Waals surface area contributed by atoms with E-state index in [-0.39, 0.29) is 24.9 Å². The van der Waals surface area contributed by atoms with Crippen LogP contribution in [0.25, 0.3) is 0 Å². The maximum Gasteiger partial charge on any atom is 0.391 e. The quantitative estimate of drug-likeness (QED) is 0.913. The number of nitrogens with one attached hydrogen (secondary N) is 1. The van der Waals surface area contributed by atoms with Crippen molar-refractivity contribution in [2.45, 2.75) is 70.3 Å². The van der Waals surface area contributed by atoms with Crippen LogP contribution in [0.5, 0.6) is 0 Å². The summed E-state index contributed by atoms with van der Waals surface area (Å²) in [6.07, 6.45) is -0.307. The van der Waals surface area contributed by atoms with Crippen molar-refractivity contribution >= 4 is 0 Å². The fourth-order valence-corrected chi connectivity index (χ4v) is 3.54. The van der Waals surface area contributed by atoms with E-state index in [0.29, 0.717) is 13.0 Å². The third-order valence-corrected chi connectivity index (χ3v) is 4.57. The summed E-state index contributed by atoms with van der Waals surface area (Å²) in [5.74, 6) is 0.610. The molecule has 0 saturated heterocycles. The van der Waals surface area contributed by atoms with Gasteiger partial charge in [0.2, 0.25) is 0 Å². The van der Waals surface area contributed by atoms with Crippen molar-refractivity contribution < 1.29 is 13.2 Å². The van der Waals surface area contributed by atoms with Crippen LogP contribution in [0.4, 0.5) is 13.2 Å². The molecule has 118 valence electrons. The second-order valence-corrected chi connectivity index (χ2v) is 6.26. The SMILES string of the molecule is Cc1nc2n(n1)CC(NC1CCCC(C(F)(F)F)C1)CC2. The van der Waals surface area contributed by atoms with Crippen LogP contribution in [0.3, 0.4) is 0 Å². The van der Waals surface area contributed by atoms with E-state index in [1.807, 2.05) is 11.6 Å². The molecule has 0 spiro atoms. The number of alkyl halides is 3. The molecule has 1 aromatic heterocycles. The van der Waals surface area contributed by atoms with E-state index < -0.39 is 12.1 Å². The van der Waals surface area contributed by atoms with Crippen molar-refractivity contribution in [2.24, 2.45) is 5.92 Å². The van der Waals surface area contributed by atoms with Crippen LogP contribution in [0, 0.1) is 12.8 Å². The van der Waals surface area contributed by atoms with Crippen LogP contribution in [-0.2, 0) is 13.0 Å². The molecule has 3 atom stereocenters. The van der Waals surface area contributed by atoms with Gasteiger partial charge < -0.3 is 5.32 Å². The second kappa shape index (κ2) is 5.59. The molecule has 21 heavy (non-hydrogen) atoms. The fourth-order valence-electron chi connectivity index (χ4n) is 3.54. The first-order chi connectivity index (χ1) is 9.91.